The van der Waals surface area contributed by atoms with Crippen molar-refractivity contribution in [3.8, 4) is 5.75 Å². The Morgan fingerprint density at radius 1 is 1.05 bits per heavy atom. The molecule has 2 rings (SSSR count). The van der Waals surface area contributed by atoms with Crippen molar-refractivity contribution in [3.63, 3.8) is 0 Å². The number of hydrogen-bond donors (Lipinski definition) is 1. The van der Waals surface area contributed by atoms with Crippen LogP contribution in [0.3, 0.4) is 0 Å². The molecule has 0 fully saturated rings. The molecule has 2 aromatic rings. The number of thiol groups is 1. The van der Waals surface area contributed by atoms with Crippen LogP contribution in [-0.2, 0) is 0 Å². The first-order chi connectivity index (χ1) is 10.1. The Morgan fingerprint density at radius 3 is 2.38 bits per heavy atom. The molecule has 1 nitrogen and oxygen atoms in total. The fourth-order valence-corrected chi connectivity index (χ4v) is 2.73. The van der Waals surface area contributed by atoms with Crippen LogP contribution in [0.1, 0.15) is 42.4 Å². The van der Waals surface area contributed by atoms with Crippen LogP contribution in [0.25, 0.3) is 0 Å². The Labute approximate surface area is 133 Å². The van der Waals surface area contributed by atoms with Crippen LogP contribution in [0.5, 0.6) is 5.75 Å². The fourth-order valence-electron chi connectivity index (χ4n) is 2.41. The van der Waals surface area contributed by atoms with Crippen molar-refractivity contribution >= 4 is 12.6 Å². The zero-order valence-electron chi connectivity index (χ0n) is 13.0. The summed E-state index contributed by atoms with van der Waals surface area (Å²) in [6, 6.07) is 16.9. The smallest absolute Gasteiger partial charge is 0.123 e. The van der Waals surface area contributed by atoms with E-state index in [1.165, 1.54) is 16.7 Å². The van der Waals surface area contributed by atoms with E-state index in [1.807, 2.05) is 6.07 Å². The summed E-state index contributed by atoms with van der Waals surface area (Å²) < 4.78 is 6.14. The molecule has 0 aliphatic rings. The van der Waals surface area contributed by atoms with Gasteiger partial charge in [0.2, 0.25) is 0 Å². The van der Waals surface area contributed by atoms with E-state index in [4.69, 9.17) is 4.74 Å². The maximum Gasteiger partial charge on any atom is 0.123 e. The molecule has 0 spiro atoms. The molecule has 1 atom stereocenters. The van der Waals surface area contributed by atoms with Crippen molar-refractivity contribution in [2.24, 2.45) is 0 Å². The van der Waals surface area contributed by atoms with Crippen molar-refractivity contribution in [1.29, 1.82) is 0 Å². The molecule has 0 heterocycles. The summed E-state index contributed by atoms with van der Waals surface area (Å²) in [6.45, 7) is 7.16. The molecule has 0 amide bonds. The first-order valence-electron chi connectivity index (χ1n) is 7.51. The van der Waals surface area contributed by atoms with Gasteiger partial charge in [0.1, 0.15) is 5.75 Å². The molecular weight excluding hydrogens is 276 g/mol. The van der Waals surface area contributed by atoms with Crippen LogP contribution in [0.15, 0.2) is 48.5 Å². The highest BCUT2D eigenvalue weighted by Crippen LogP contribution is 2.29. The minimum Gasteiger partial charge on any atom is -0.493 e. The lowest BCUT2D eigenvalue weighted by Crippen LogP contribution is -2.13. The molecule has 0 radical (unpaired) electrons. The fraction of sp³-hybridized carbons (Fsp3) is 0.368. The molecule has 0 aliphatic carbocycles. The lowest BCUT2D eigenvalue weighted by Gasteiger charge is -2.19. The van der Waals surface area contributed by atoms with Crippen molar-refractivity contribution in [2.75, 3.05) is 12.4 Å². The van der Waals surface area contributed by atoms with E-state index >= 15 is 0 Å². The van der Waals surface area contributed by atoms with E-state index in [2.05, 4.69) is 75.9 Å². The average molecular weight is 300 g/mol. The normalized spacial score (nSPS) is 12.4. The molecule has 0 saturated carbocycles. The third kappa shape index (κ3) is 4.28. The molecule has 2 aromatic carbocycles. The maximum absolute atomic E-state index is 6.14. The van der Waals surface area contributed by atoms with Crippen LogP contribution in [0, 0.1) is 6.92 Å². The number of benzene rings is 2. The molecule has 0 saturated heterocycles. The Morgan fingerprint density at radius 2 is 1.76 bits per heavy atom. The van der Waals surface area contributed by atoms with Gasteiger partial charge in [0.05, 0.1) is 6.61 Å². The summed E-state index contributed by atoms with van der Waals surface area (Å²) >= 11 is 4.48. The van der Waals surface area contributed by atoms with Gasteiger partial charge in [-0.05, 0) is 35.6 Å². The first kappa shape index (κ1) is 16.0. The second kappa shape index (κ2) is 7.56. The zero-order chi connectivity index (χ0) is 15.2. The molecule has 0 bridgehead atoms. The molecule has 0 aliphatic heterocycles. The summed E-state index contributed by atoms with van der Waals surface area (Å²) in [4.78, 5) is 0. The molecule has 21 heavy (non-hydrogen) atoms. The summed E-state index contributed by atoms with van der Waals surface area (Å²) in [5.74, 6) is 2.57. The zero-order valence-corrected chi connectivity index (χ0v) is 13.9. The Bertz CT molecular complexity index is 563. The van der Waals surface area contributed by atoms with Gasteiger partial charge < -0.3 is 4.74 Å². The third-order valence-electron chi connectivity index (χ3n) is 3.72. The molecule has 112 valence electrons. The predicted molar refractivity (Wildman–Crippen MR) is 93.8 cm³/mol. The van der Waals surface area contributed by atoms with Crippen molar-refractivity contribution in [3.05, 3.63) is 65.2 Å². The molecular formula is C19H24OS. The van der Waals surface area contributed by atoms with Crippen molar-refractivity contribution in [1.82, 2.24) is 0 Å². The van der Waals surface area contributed by atoms with Gasteiger partial charge in [-0.1, -0.05) is 56.3 Å². The SMILES string of the molecule is Cc1ccc(C(C)C)c(OCC(CS)c2ccccc2)c1. The minimum absolute atomic E-state index is 0.315. The van der Waals surface area contributed by atoms with E-state index in [0.29, 0.717) is 18.4 Å². The van der Waals surface area contributed by atoms with Gasteiger partial charge in [0, 0.05) is 11.7 Å². The standard InChI is InChI=1S/C19H24OS/c1-14(2)18-10-9-15(3)11-19(18)20-12-17(13-21)16-7-5-4-6-8-16/h4-11,14,17,21H,12-13H2,1-3H3. The lowest BCUT2D eigenvalue weighted by molar-refractivity contribution is 0.293. The van der Waals surface area contributed by atoms with Crippen LogP contribution in [0.4, 0.5) is 0 Å². The monoisotopic (exact) mass is 300 g/mol. The number of ether oxygens (including phenoxy) is 1. The maximum atomic E-state index is 6.14. The predicted octanol–water partition coefficient (Wildman–Crippen LogP) is 5.21. The van der Waals surface area contributed by atoms with Gasteiger partial charge in [0.25, 0.3) is 0 Å². The van der Waals surface area contributed by atoms with Crippen molar-refractivity contribution < 1.29 is 4.74 Å². The quantitative estimate of drug-likeness (QED) is 0.720. The molecule has 1 unspecified atom stereocenters. The lowest BCUT2D eigenvalue weighted by atomic mass is 10.00. The van der Waals surface area contributed by atoms with Crippen LogP contribution >= 0.6 is 12.6 Å². The molecule has 2 heteroatoms. The van der Waals surface area contributed by atoms with Crippen LogP contribution in [0.2, 0.25) is 0 Å². The van der Waals surface area contributed by atoms with Crippen LogP contribution in [-0.4, -0.2) is 12.4 Å². The highest BCUT2D eigenvalue weighted by atomic mass is 32.1. The van der Waals surface area contributed by atoms with Gasteiger partial charge in [-0.25, -0.2) is 0 Å². The minimum atomic E-state index is 0.315. The summed E-state index contributed by atoms with van der Waals surface area (Å²) in [5.41, 5.74) is 3.79. The summed E-state index contributed by atoms with van der Waals surface area (Å²) in [6.07, 6.45) is 0. The number of aryl methyl sites for hydroxylation is 1. The van der Waals surface area contributed by atoms with Gasteiger partial charge in [-0.15, -0.1) is 0 Å². The summed E-state index contributed by atoms with van der Waals surface area (Å²) in [7, 11) is 0. The van der Waals surface area contributed by atoms with Gasteiger partial charge >= 0.3 is 0 Å². The van der Waals surface area contributed by atoms with E-state index in [-0.39, 0.29) is 0 Å². The van der Waals surface area contributed by atoms with Gasteiger partial charge in [0.15, 0.2) is 0 Å². The second-order valence-electron chi connectivity index (χ2n) is 5.80. The largest absolute Gasteiger partial charge is 0.493 e. The van der Waals surface area contributed by atoms with Gasteiger partial charge in [-0.2, -0.15) is 12.6 Å². The van der Waals surface area contributed by atoms with Crippen molar-refractivity contribution in [2.45, 2.75) is 32.6 Å². The first-order valence-corrected chi connectivity index (χ1v) is 8.14. The van der Waals surface area contributed by atoms with E-state index in [1.54, 1.807) is 0 Å². The highest BCUT2D eigenvalue weighted by molar-refractivity contribution is 7.80. The molecule has 0 N–H and O–H groups in total. The number of rotatable bonds is 6. The Balaban J connectivity index is 2.13. The third-order valence-corrected chi connectivity index (χ3v) is 4.16. The summed E-state index contributed by atoms with van der Waals surface area (Å²) in [5, 5.41) is 0. The molecule has 0 aromatic heterocycles. The van der Waals surface area contributed by atoms with Crippen LogP contribution < -0.4 is 4.74 Å². The average Bonchev–Trinajstić information content (AvgIpc) is 2.48. The van der Waals surface area contributed by atoms with Gasteiger partial charge in [-0.3, -0.25) is 0 Å². The Hall–Kier alpha value is -1.41. The van der Waals surface area contributed by atoms with E-state index < -0.39 is 0 Å². The topological polar surface area (TPSA) is 9.23 Å². The highest BCUT2D eigenvalue weighted by Gasteiger charge is 2.13. The van der Waals surface area contributed by atoms with E-state index in [0.717, 1.165) is 11.5 Å². The van der Waals surface area contributed by atoms with E-state index in [9.17, 15) is 0 Å². The second-order valence-corrected chi connectivity index (χ2v) is 6.16. The Kier molecular flexibility index (Phi) is 5.75. The number of hydrogen-bond acceptors (Lipinski definition) is 2.